The van der Waals surface area contributed by atoms with Crippen molar-refractivity contribution in [2.24, 2.45) is 51.2 Å². The molecule has 0 spiro atoms. The van der Waals surface area contributed by atoms with Gasteiger partial charge in [0.1, 0.15) is 0 Å². The standard InChI is InChI=1S/C35H58O3/c1-10-33(7,38)17-14-26-23(2)18-28(37)30-32(5,6)20-24(21-35(26,30)9)19-25-12-13-29-31(3,4)15-11-16-34(29,8)27(25)22-36/h10,19,24,26-30,36-38H,1-2,11-18,20-22H2,3-9H3/b25-19+/t24?,26-,27-,28?,29?,30?,33?,34+,35+/m0/s1. The fourth-order valence-electron chi connectivity index (χ4n) is 11.0. The Kier molecular flexibility index (Phi) is 8.05. The van der Waals surface area contributed by atoms with Crippen LogP contribution in [0.25, 0.3) is 0 Å². The third-order valence-corrected chi connectivity index (χ3v) is 12.4. The molecule has 0 aromatic carbocycles. The van der Waals surface area contributed by atoms with Crippen LogP contribution in [-0.4, -0.2) is 33.6 Å². The summed E-state index contributed by atoms with van der Waals surface area (Å²) in [6, 6.07) is 0. The van der Waals surface area contributed by atoms with Crippen LogP contribution in [0.5, 0.6) is 0 Å². The van der Waals surface area contributed by atoms with Gasteiger partial charge in [-0.25, -0.2) is 0 Å². The van der Waals surface area contributed by atoms with Crippen molar-refractivity contribution in [2.75, 3.05) is 6.61 Å². The van der Waals surface area contributed by atoms with E-state index in [-0.39, 0.29) is 46.7 Å². The smallest absolute Gasteiger partial charge is 0.0797 e. The van der Waals surface area contributed by atoms with Crippen LogP contribution < -0.4 is 0 Å². The molecule has 4 saturated carbocycles. The van der Waals surface area contributed by atoms with E-state index >= 15 is 0 Å². The zero-order chi connectivity index (χ0) is 28.3. The largest absolute Gasteiger partial charge is 0.396 e. The van der Waals surface area contributed by atoms with Gasteiger partial charge in [-0.2, -0.15) is 0 Å². The molecule has 0 saturated heterocycles. The number of hydrogen-bond donors (Lipinski definition) is 3. The molecule has 4 aliphatic rings. The molecule has 3 heteroatoms. The second-order valence-electron chi connectivity index (χ2n) is 16.1. The van der Waals surface area contributed by atoms with Crippen LogP contribution in [-0.2, 0) is 0 Å². The van der Waals surface area contributed by atoms with Gasteiger partial charge >= 0.3 is 0 Å². The van der Waals surface area contributed by atoms with E-state index < -0.39 is 5.60 Å². The topological polar surface area (TPSA) is 60.7 Å². The fraction of sp³-hybridized carbons (Fsp3) is 0.829. The Morgan fingerprint density at radius 3 is 2.32 bits per heavy atom. The van der Waals surface area contributed by atoms with E-state index in [1.807, 2.05) is 6.92 Å². The third kappa shape index (κ3) is 5.14. The van der Waals surface area contributed by atoms with Crippen LogP contribution >= 0.6 is 0 Å². The van der Waals surface area contributed by atoms with Crippen molar-refractivity contribution >= 4 is 0 Å². The van der Waals surface area contributed by atoms with Crippen molar-refractivity contribution in [3.8, 4) is 0 Å². The SMILES string of the molecule is C=CC(C)(O)CC[C@H]1C(=C)CC(O)C2C(C)(C)CC(/C=C3\CCC4C(C)(C)CCC[C@]4(C)[C@H]3CO)C[C@@]21C. The maximum absolute atomic E-state index is 11.4. The molecule has 5 unspecified atom stereocenters. The molecule has 0 aromatic rings. The Bertz CT molecular complexity index is 941. The maximum atomic E-state index is 11.4. The molecule has 4 fully saturated rings. The molecule has 4 rings (SSSR count). The second kappa shape index (κ2) is 10.2. The molecule has 3 nitrogen and oxygen atoms in total. The minimum absolute atomic E-state index is 0.00328. The lowest BCUT2D eigenvalue weighted by Gasteiger charge is -2.61. The van der Waals surface area contributed by atoms with Gasteiger partial charge in [-0.1, -0.05) is 77.8 Å². The number of aliphatic hydroxyl groups is 3. The molecule has 0 radical (unpaired) electrons. The van der Waals surface area contributed by atoms with Crippen molar-refractivity contribution in [1.29, 1.82) is 0 Å². The van der Waals surface area contributed by atoms with Crippen LogP contribution in [0.2, 0.25) is 0 Å². The number of allylic oxidation sites excluding steroid dienone is 1. The van der Waals surface area contributed by atoms with Crippen molar-refractivity contribution < 1.29 is 15.3 Å². The second-order valence-corrected chi connectivity index (χ2v) is 16.1. The van der Waals surface area contributed by atoms with Crippen molar-refractivity contribution in [1.82, 2.24) is 0 Å². The predicted molar refractivity (Wildman–Crippen MR) is 159 cm³/mol. The van der Waals surface area contributed by atoms with Crippen molar-refractivity contribution in [3.63, 3.8) is 0 Å². The molecular formula is C35H58O3. The number of hydrogen-bond acceptors (Lipinski definition) is 3. The summed E-state index contributed by atoms with van der Waals surface area (Å²) in [5, 5.41) is 32.9. The van der Waals surface area contributed by atoms with Crippen LogP contribution in [0.4, 0.5) is 0 Å². The van der Waals surface area contributed by atoms with E-state index in [9.17, 15) is 15.3 Å². The number of fused-ring (bicyclic) bond motifs is 2. The highest BCUT2D eigenvalue weighted by atomic mass is 16.3. The highest BCUT2D eigenvalue weighted by molar-refractivity contribution is 5.24. The predicted octanol–water partition coefficient (Wildman–Crippen LogP) is 7.86. The first-order valence-corrected chi connectivity index (χ1v) is 15.5. The van der Waals surface area contributed by atoms with Gasteiger partial charge in [0, 0.05) is 5.92 Å². The Hall–Kier alpha value is -0.900. The minimum Gasteiger partial charge on any atom is -0.396 e. The molecule has 0 amide bonds. The van der Waals surface area contributed by atoms with Gasteiger partial charge in [0.2, 0.25) is 0 Å². The Balaban J connectivity index is 1.66. The number of rotatable bonds is 6. The first-order valence-electron chi connectivity index (χ1n) is 15.5. The Morgan fingerprint density at radius 1 is 1.00 bits per heavy atom. The zero-order valence-electron chi connectivity index (χ0n) is 25.7. The highest BCUT2D eigenvalue weighted by Crippen LogP contribution is 2.65. The van der Waals surface area contributed by atoms with E-state index in [4.69, 9.17) is 0 Å². The maximum Gasteiger partial charge on any atom is 0.0797 e. The summed E-state index contributed by atoms with van der Waals surface area (Å²) in [5.41, 5.74) is 2.18. The average molecular weight is 527 g/mol. The molecule has 0 bridgehead atoms. The van der Waals surface area contributed by atoms with E-state index in [1.165, 1.54) is 31.3 Å². The lowest BCUT2D eigenvalue weighted by atomic mass is 9.44. The lowest BCUT2D eigenvalue weighted by molar-refractivity contribution is -0.133. The Morgan fingerprint density at radius 2 is 1.68 bits per heavy atom. The molecule has 0 heterocycles. The molecule has 3 N–H and O–H groups in total. The lowest BCUT2D eigenvalue weighted by Crippen LogP contribution is -2.57. The van der Waals surface area contributed by atoms with Crippen molar-refractivity contribution in [3.05, 3.63) is 36.5 Å². The summed E-state index contributed by atoms with van der Waals surface area (Å²) in [5.74, 6) is 1.81. The molecule has 0 aromatic heterocycles. The fourth-order valence-corrected chi connectivity index (χ4v) is 11.0. The molecule has 216 valence electrons. The van der Waals surface area contributed by atoms with Crippen LogP contribution in [0, 0.1) is 51.2 Å². The average Bonchev–Trinajstić information content (AvgIpc) is 2.76. The van der Waals surface area contributed by atoms with Gasteiger partial charge in [0.25, 0.3) is 0 Å². The van der Waals surface area contributed by atoms with Gasteiger partial charge in [0.15, 0.2) is 0 Å². The van der Waals surface area contributed by atoms with Crippen LogP contribution in [0.1, 0.15) is 113 Å². The number of aliphatic hydroxyl groups excluding tert-OH is 2. The summed E-state index contributed by atoms with van der Waals surface area (Å²) in [6.07, 6.45) is 14.3. The summed E-state index contributed by atoms with van der Waals surface area (Å²) in [7, 11) is 0. The zero-order valence-corrected chi connectivity index (χ0v) is 25.7. The van der Waals surface area contributed by atoms with E-state index in [1.54, 1.807) is 6.08 Å². The monoisotopic (exact) mass is 526 g/mol. The van der Waals surface area contributed by atoms with Crippen LogP contribution in [0.15, 0.2) is 36.5 Å². The van der Waals surface area contributed by atoms with Gasteiger partial charge < -0.3 is 15.3 Å². The van der Waals surface area contributed by atoms with E-state index in [2.05, 4.69) is 60.8 Å². The summed E-state index contributed by atoms with van der Waals surface area (Å²) in [4.78, 5) is 0. The normalized spacial score (nSPS) is 45.1. The van der Waals surface area contributed by atoms with Crippen LogP contribution in [0.3, 0.4) is 0 Å². The first-order chi connectivity index (χ1) is 17.5. The molecule has 9 atom stereocenters. The van der Waals surface area contributed by atoms with Gasteiger partial charge in [0.05, 0.1) is 18.3 Å². The van der Waals surface area contributed by atoms with E-state index in [0.717, 1.165) is 31.3 Å². The Labute approximate surface area is 233 Å². The van der Waals surface area contributed by atoms with Crippen molar-refractivity contribution in [2.45, 2.75) is 124 Å². The molecule has 0 aliphatic heterocycles. The summed E-state index contributed by atoms with van der Waals surface area (Å²) < 4.78 is 0. The molecular weight excluding hydrogens is 468 g/mol. The quantitative estimate of drug-likeness (QED) is 0.309. The summed E-state index contributed by atoms with van der Waals surface area (Å²) >= 11 is 0. The molecule has 4 aliphatic carbocycles. The summed E-state index contributed by atoms with van der Waals surface area (Å²) in [6.45, 7) is 24.9. The van der Waals surface area contributed by atoms with Gasteiger partial charge in [-0.05, 0) is 110 Å². The van der Waals surface area contributed by atoms with E-state index in [0.29, 0.717) is 30.1 Å². The van der Waals surface area contributed by atoms with Gasteiger partial charge in [-0.15, -0.1) is 6.58 Å². The minimum atomic E-state index is -0.885. The molecule has 38 heavy (non-hydrogen) atoms. The third-order valence-electron chi connectivity index (χ3n) is 12.4. The van der Waals surface area contributed by atoms with Gasteiger partial charge in [-0.3, -0.25) is 0 Å². The first kappa shape index (κ1) is 30.1. The highest BCUT2D eigenvalue weighted by Gasteiger charge is 2.59.